The number of rotatable bonds is 4. The lowest BCUT2D eigenvalue weighted by Crippen LogP contribution is -2.44. The molecule has 1 aromatic carbocycles. The summed E-state index contributed by atoms with van der Waals surface area (Å²) < 4.78 is 15.6. The van der Waals surface area contributed by atoms with E-state index in [4.69, 9.17) is 11.6 Å². The number of nitrogens with zero attached hydrogens (tertiary/aromatic N) is 1. The Morgan fingerprint density at radius 2 is 2.00 bits per heavy atom. The van der Waals surface area contributed by atoms with Crippen molar-refractivity contribution < 1.29 is 8.96 Å². The minimum atomic E-state index is -0.399. The highest BCUT2D eigenvalue weighted by Gasteiger charge is 2.27. The molecule has 0 atom stereocenters. The topological polar surface area (TPSA) is 15.9 Å². The molecule has 0 fully saturated rings. The molecule has 2 nitrogen and oxygen atoms in total. The third kappa shape index (κ3) is 3.99. The van der Waals surface area contributed by atoms with Gasteiger partial charge < -0.3 is 0 Å². The summed E-state index contributed by atoms with van der Waals surface area (Å²) in [4.78, 5) is 0. The Kier molecular flexibility index (Phi) is 5.13. The molecule has 2 rings (SSSR count). The maximum Gasteiger partial charge on any atom is 0.339 e. The molecule has 0 aliphatic rings. The van der Waals surface area contributed by atoms with Crippen LogP contribution in [0.15, 0.2) is 23.6 Å². The first kappa shape index (κ1) is 17.2. The minimum Gasteiger partial charge on any atom is -0.231 e. The van der Waals surface area contributed by atoms with Gasteiger partial charge >= 0.3 is 5.13 Å². The quantitative estimate of drug-likeness (QED) is 0.723. The van der Waals surface area contributed by atoms with Gasteiger partial charge in [0.15, 0.2) is 0 Å². The maximum absolute atomic E-state index is 13.3. The molecule has 0 bridgehead atoms. The summed E-state index contributed by atoms with van der Waals surface area (Å²) in [5.74, 6) is 0.141. The van der Waals surface area contributed by atoms with Gasteiger partial charge in [0.2, 0.25) is 0 Å². The zero-order valence-corrected chi connectivity index (χ0v) is 15.3. The van der Waals surface area contributed by atoms with Gasteiger partial charge in [-0.05, 0) is 18.1 Å². The molecule has 2 aromatic rings. The van der Waals surface area contributed by atoms with Crippen LogP contribution in [0.4, 0.5) is 15.2 Å². The van der Waals surface area contributed by atoms with E-state index in [-0.39, 0.29) is 10.4 Å². The lowest BCUT2D eigenvalue weighted by atomic mass is 9.92. The van der Waals surface area contributed by atoms with Crippen molar-refractivity contribution in [1.82, 2.24) is 0 Å². The fraction of sp³-hybridized carbons (Fsp3) is 0.471. The molecular weight excluding hydrogens is 319 g/mol. The van der Waals surface area contributed by atoms with Crippen LogP contribution in [0.2, 0.25) is 5.02 Å². The van der Waals surface area contributed by atoms with Gasteiger partial charge in [-0.25, -0.2) is 14.3 Å². The Bertz CT molecular complexity index is 659. The first-order valence-electron chi connectivity index (χ1n) is 7.42. The highest BCUT2D eigenvalue weighted by molar-refractivity contribution is 7.13. The summed E-state index contributed by atoms with van der Waals surface area (Å²) in [6, 6.07) is 4.71. The van der Waals surface area contributed by atoms with Crippen LogP contribution in [0.3, 0.4) is 0 Å². The monoisotopic (exact) mass is 341 g/mol. The van der Waals surface area contributed by atoms with Gasteiger partial charge in [0.25, 0.3) is 0 Å². The van der Waals surface area contributed by atoms with Crippen LogP contribution >= 0.6 is 22.9 Å². The molecule has 0 unspecified atom stereocenters. The molecule has 0 saturated heterocycles. The zero-order chi connectivity index (χ0) is 16.5. The molecular formula is C17H23ClFN2S+. The molecule has 22 heavy (non-hydrogen) atoms. The van der Waals surface area contributed by atoms with E-state index in [0.717, 1.165) is 17.4 Å². The molecule has 0 aliphatic heterocycles. The first-order valence-corrected chi connectivity index (χ1v) is 8.68. The van der Waals surface area contributed by atoms with Gasteiger partial charge in [0.05, 0.1) is 11.6 Å². The number of nitrogens with one attached hydrogen (secondary N) is 1. The fourth-order valence-electron chi connectivity index (χ4n) is 2.27. The van der Waals surface area contributed by atoms with E-state index in [1.165, 1.54) is 11.8 Å². The molecule has 0 radical (unpaired) electrons. The standard InChI is InChI=1S/C17H22ClFN2S/c1-11(2)9-21-15(17(3,4)5)10-22-16(21)20-12-6-7-14(19)13(18)8-12/h6-8,10-11H,9H2,1-5H3/p+1. The number of benzene rings is 1. The average Bonchev–Trinajstić information content (AvgIpc) is 2.76. The second kappa shape index (κ2) is 6.55. The molecule has 1 heterocycles. The molecule has 1 aromatic heterocycles. The van der Waals surface area contributed by atoms with Crippen molar-refractivity contribution in [2.24, 2.45) is 5.92 Å². The molecule has 0 amide bonds. The second-order valence-corrected chi connectivity index (χ2v) is 8.20. The third-order valence-corrected chi connectivity index (χ3v) is 4.48. The molecule has 120 valence electrons. The molecule has 0 saturated carbocycles. The van der Waals surface area contributed by atoms with Crippen molar-refractivity contribution >= 4 is 33.8 Å². The van der Waals surface area contributed by atoms with Crippen LogP contribution in [0.5, 0.6) is 0 Å². The Morgan fingerprint density at radius 3 is 2.55 bits per heavy atom. The first-order chi connectivity index (χ1) is 10.2. The summed E-state index contributed by atoms with van der Waals surface area (Å²) in [6.07, 6.45) is 0. The van der Waals surface area contributed by atoms with Crippen LogP contribution < -0.4 is 9.88 Å². The van der Waals surface area contributed by atoms with Crippen LogP contribution in [0.1, 0.15) is 40.3 Å². The predicted molar refractivity (Wildman–Crippen MR) is 92.7 cm³/mol. The molecule has 0 spiro atoms. The average molecular weight is 342 g/mol. The van der Waals surface area contributed by atoms with Gasteiger partial charge in [0.1, 0.15) is 17.2 Å². The van der Waals surface area contributed by atoms with Gasteiger partial charge in [-0.15, -0.1) is 0 Å². The summed E-state index contributed by atoms with van der Waals surface area (Å²) in [5.41, 5.74) is 2.17. The van der Waals surface area contributed by atoms with Gasteiger partial charge in [-0.3, -0.25) is 0 Å². The highest BCUT2D eigenvalue weighted by Crippen LogP contribution is 2.28. The maximum atomic E-state index is 13.3. The number of thiazole rings is 1. The SMILES string of the molecule is CC(C)C[n+]1c(C(C)(C)C)csc1Nc1ccc(F)c(Cl)c1. The molecule has 1 N–H and O–H groups in total. The van der Waals surface area contributed by atoms with Crippen molar-refractivity contribution in [2.75, 3.05) is 5.32 Å². The van der Waals surface area contributed by atoms with E-state index in [9.17, 15) is 4.39 Å². The van der Waals surface area contributed by atoms with E-state index in [2.05, 4.69) is 49.9 Å². The largest absolute Gasteiger partial charge is 0.339 e. The van der Waals surface area contributed by atoms with Crippen molar-refractivity contribution in [3.05, 3.63) is 40.1 Å². The second-order valence-electron chi connectivity index (χ2n) is 6.93. The summed E-state index contributed by atoms with van der Waals surface area (Å²) in [7, 11) is 0. The predicted octanol–water partition coefficient (Wildman–Crippen LogP) is 5.53. The minimum absolute atomic E-state index is 0.0752. The number of anilines is 2. The molecule has 0 aliphatic carbocycles. The number of hydrogen-bond acceptors (Lipinski definition) is 2. The Morgan fingerprint density at radius 1 is 1.32 bits per heavy atom. The van der Waals surface area contributed by atoms with E-state index in [1.54, 1.807) is 23.5 Å². The van der Waals surface area contributed by atoms with Gasteiger partial charge in [0, 0.05) is 16.9 Å². The summed E-state index contributed by atoms with van der Waals surface area (Å²) in [5, 5.41) is 6.73. The van der Waals surface area contributed by atoms with Crippen molar-refractivity contribution in [1.29, 1.82) is 0 Å². The molecule has 5 heteroatoms. The normalized spacial score (nSPS) is 12.0. The summed E-state index contributed by atoms with van der Waals surface area (Å²) in [6.45, 7) is 12.0. The van der Waals surface area contributed by atoms with E-state index in [0.29, 0.717) is 5.92 Å². The number of halogens is 2. The lowest BCUT2D eigenvalue weighted by Gasteiger charge is -2.18. The van der Waals surface area contributed by atoms with Crippen LogP contribution in [-0.2, 0) is 12.0 Å². The Hall–Kier alpha value is -1.13. The van der Waals surface area contributed by atoms with Crippen molar-refractivity contribution in [2.45, 2.75) is 46.6 Å². The number of aromatic nitrogens is 1. The zero-order valence-electron chi connectivity index (χ0n) is 13.7. The number of hydrogen-bond donors (Lipinski definition) is 1. The fourth-order valence-corrected chi connectivity index (χ4v) is 3.63. The third-order valence-electron chi connectivity index (χ3n) is 3.31. The Balaban J connectivity index is 2.37. The van der Waals surface area contributed by atoms with Crippen LogP contribution in [0.25, 0.3) is 0 Å². The summed E-state index contributed by atoms with van der Waals surface area (Å²) >= 11 is 7.53. The van der Waals surface area contributed by atoms with Crippen LogP contribution in [0, 0.1) is 11.7 Å². The van der Waals surface area contributed by atoms with Gasteiger partial charge in [-0.2, -0.15) is 0 Å². The van der Waals surface area contributed by atoms with E-state index in [1.807, 2.05) is 0 Å². The van der Waals surface area contributed by atoms with E-state index < -0.39 is 5.82 Å². The van der Waals surface area contributed by atoms with Gasteiger partial charge in [-0.1, -0.05) is 57.6 Å². The van der Waals surface area contributed by atoms with Crippen molar-refractivity contribution in [3.8, 4) is 0 Å². The lowest BCUT2D eigenvalue weighted by molar-refractivity contribution is -0.694. The van der Waals surface area contributed by atoms with Crippen molar-refractivity contribution in [3.63, 3.8) is 0 Å². The van der Waals surface area contributed by atoms with Crippen LogP contribution in [-0.4, -0.2) is 0 Å². The van der Waals surface area contributed by atoms with E-state index >= 15 is 0 Å². The Labute approximate surface area is 140 Å². The highest BCUT2D eigenvalue weighted by atomic mass is 35.5. The smallest absolute Gasteiger partial charge is 0.231 e.